The molecule has 0 aliphatic carbocycles. The third-order valence-corrected chi connectivity index (χ3v) is 6.62. The first-order valence-electron chi connectivity index (χ1n) is 9.83. The maximum atomic E-state index is 13.0. The van der Waals surface area contributed by atoms with Gasteiger partial charge in [-0.05, 0) is 41.8 Å². The number of fused-ring (bicyclic) bond motifs is 2. The number of pyridine rings is 1. The number of rotatable bonds is 4. The minimum atomic E-state index is 0.0793. The number of para-hydroxylation sites is 1. The number of aromatic nitrogens is 1. The van der Waals surface area contributed by atoms with Crippen molar-refractivity contribution in [3.63, 3.8) is 0 Å². The maximum absolute atomic E-state index is 13.0. The number of methoxy groups -OCH3 is 1. The van der Waals surface area contributed by atoms with Crippen LogP contribution in [0.2, 0.25) is 0 Å². The Labute approximate surface area is 178 Å². The second-order valence-corrected chi connectivity index (χ2v) is 8.42. The molecular formula is C24H21N3O2S. The van der Waals surface area contributed by atoms with Crippen molar-refractivity contribution in [3.05, 3.63) is 72.1 Å². The predicted molar refractivity (Wildman–Crippen MR) is 122 cm³/mol. The zero-order valence-electron chi connectivity index (χ0n) is 16.6. The summed E-state index contributed by atoms with van der Waals surface area (Å²) in [4.78, 5) is 19.2. The lowest BCUT2D eigenvalue weighted by atomic mass is 10.0. The molecule has 1 aliphatic rings. The first kappa shape index (κ1) is 18.6. The molecule has 0 saturated carbocycles. The van der Waals surface area contributed by atoms with Crippen LogP contribution < -0.4 is 15.4 Å². The van der Waals surface area contributed by atoms with Gasteiger partial charge in [-0.2, -0.15) is 0 Å². The summed E-state index contributed by atoms with van der Waals surface area (Å²) in [6, 6.07) is 15.9. The molecular weight excluding hydrogens is 394 g/mol. The van der Waals surface area contributed by atoms with Gasteiger partial charge in [0.2, 0.25) is 5.91 Å². The summed E-state index contributed by atoms with van der Waals surface area (Å²) in [5, 5.41) is 1.86. The fourth-order valence-electron chi connectivity index (χ4n) is 4.18. The molecule has 5 nitrogen and oxygen atoms in total. The highest BCUT2D eigenvalue weighted by Gasteiger charge is 2.26. The number of nitrogens with two attached hydrogens (primary N) is 1. The normalized spacial score (nSPS) is 12.9. The Balaban J connectivity index is 1.45. The molecule has 150 valence electrons. The number of anilines is 2. The van der Waals surface area contributed by atoms with Crippen molar-refractivity contribution in [3.8, 4) is 16.9 Å². The number of hydrogen-bond donors (Lipinski definition) is 1. The van der Waals surface area contributed by atoms with Crippen LogP contribution in [0, 0.1) is 0 Å². The van der Waals surface area contributed by atoms with Gasteiger partial charge in [0.15, 0.2) is 0 Å². The molecule has 30 heavy (non-hydrogen) atoms. The lowest BCUT2D eigenvalue weighted by Gasteiger charge is -2.18. The molecule has 1 aliphatic heterocycles. The van der Waals surface area contributed by atoms with Crippen molar-refractivity contribution >= 4 is 38.0 Å². The Bertz CT molecular complexity index is 1260. The molecule has 3 heterocycles. The summed E-state index contributed by atoms with van der Waals surface area (Å²) in [5.74, 6) is 0.824. The number of ether oxygens (including phenoxy) is 1. The van der Waals surface area contributed by atoms with Crippen molar-refractivity contribution in [1.29, 1.82) is 0 Å². The van der Waals surface area contributed by atoms with Crippen molar-refractivity contribution in [2.45, 2.75) is 12.8 Å². The summed E-state index contributed by atoms with van der Waals surface area (Å²) in [7, 11) is 1.63. The Kier molecular flexibility index (Phi) is 4.64. The smallest absolute Gasteiger partial charge is 0.231 e. The van der Waals surface area contributed by atoms with E-state index in [-0.39, 0.29) is 5.91 Å². The number of carbonyl (C=O) groups is 1. The van der Waals surface area contributed by atoms with Crippen LogP contribution in [0.1, 0.15) is 11.1 Å². The molecule has 4 aromatic rings. The van der Waals surface area contributed by atoms with Crippen LogP contribution in [0.3, 0.4) is 0 Å². The van der Waals surface area contributed by atoms with Gasteiger partial charge in [0.1, 0.15) is 5.75 Å². The number of nitrogens with zero attached hydrogens (tertiary/aromatic N) is 2. The Morgan fingerprint density at radius 3 is 2.97 bits per heavy atom. The van der Waals surface area contributed by atoms with Crippen LogP contribution in [0.25, 0.3) is 21.2 Å². The molecule has 0 fully saturated rings. The van der Waals surface area contributed by atoms with Crippen molar-refractivity contribution in [2.24, 2.45) is 0 Å². The number of hydrogen-bond acceptors (Lipinski definition) is 5. The van der Waals surface area contributed by atoms with Gasteiger partial charge in [-0.15, -0.1) is 11.3 Å². The standard InChI is InChI=1S/C24H21N3O2S/c1-29-20-5-3-2-4-16(20)13-22(28)27-11-9-15-12-17(6-7-19(15)27)23-18-14-26-10-8-21(18)30-24(23)25/h2-8,10,12,14H,9,11,13,25H2,1H3. The molecule has 0 atom stereocenters. The molecule has 2 aromatic heterocycles. The largest absolute Gasteiger partial charge is 0.496 e. The Morgan fingerprint density at radius 1 is 1.23 bits per heavy atom. The van der Waals surface area contributed by atoms with E-state index in [9.17, 15) is 4.79 Å². The van der Waals surface area contributed by atoms with Crippen LogP contribution in [0.5, 0.6) is 5.75 Å². The molecule has 2 aromatic carbocycles. The van der Waals surface area contributed by atoms with Gasteiger partial charge in [-0.25, -0.2) is 0 Å². The van der Waals surface area contributed by atoms with E-state index in [1.165, 1.54) is 5.56 Å². The zero-order valence-corrected chi connectivity index (χ0v) is 17.4. The molecule has 5 rings (SSSR count). The van der Waals surface area contributed by atoms with E-state index in [1.807, 2.05) is 47.5 Å². The zero-order chi connectivity index (χ0) is 20.7. The number of amides is 1. The third kappa shape index (κ3) is 3.09. The fourth-order valence-corrected chi connectivity index (χ4v) is 5.14. The predicted octanol–water partition coefficient (Wildman–Crippen LogP) is 4.69. The number of carbonyl (C=O) groups excluding carboxylic acids is 1. The molecule has 6 heteroatoms. The average molecular weight is 416 g/mol. The van der Waals surface area contributed by atoms with Crippen LogP contribution in [0.15, 0.2) is 60.9 Å². The Morgan fingerprint density at radius 2 is 2.10 bits per heavy atom. The lowest BCUT2D eigenvalue weighted by molar-refractivity contribution is -0.117. The van der Waals surface area contributed by atoms with E-state index in [2.05, 4.69) is 17.1 Å². The van der Waals surface area contributed by atoms with E-state index in [1.54, 1.807) is 24.6 Å². The number of nitrogen functional groups attached to an aromatic ring is 1. The average Bonchev–Trinajstić information content (AvgIpc) is 3.33. The van der Waals surface area contributed by atoms with Gasteiger partial charge in [0.05, 0.1) is 18.5 Å². The third-order valence-electron chi connectivity index (χ3n) is 5.62. The lowest BCUT2D eigenvalue weighted by Crippen LogP contribution is -2.30. The quantitative estimate of drug-likeness (QED) is 0.525. The second kappa shape index (κ2) is 7.46. The molecule has 0 bridgehead atoms. The van der Waals surface area contributed by atoms with E-state index in [0.29, 0.717) is 13.0 Å². The van der Waals surface area contributed by atoms with E-state index in [4.69, 9.17) is 10.5 Å². The highest BCUT2D eigenvalue weighted by atomic mass is 32.1. The van der Waals surface area contributed by atoms with Crippen LogP contribution in [-0.2, 0) is 17.6 Å². The molecule has 0 saturated heterocycles. The van der Waals surface area contributed by atoms with E-state index >= 15 is 0 Å². The molecule has 2 N–H and O–H groups in total. The Hall–Kier alpha value is -3.38. The SMILES string of the molecule is COc1ccccc1CC(=O)N1CCc2cc(-c3c(N)sc4ccncc34)ccc21. The van der Waals surface area contributed by atoms with Crippen molar-refractivity contribution < 1.29 is 9.53 Å². The second-order valence-electron chi connectivity index (χ2n) is 7.34. The summed E-state index contributed by atoms with van der Waals surface area (Å²) in [6.07, 6.45) is 4.81. The first-order valence-corrected chi connectivity index (χ1v) is 10.6. The van der Waals surface area contributed by atoms with E-state index in [0.717, 1.165) is 49.6 Å². The minimum Gasteiger partial charge on any atom is -0.496 e. The van der Waals surface area contributed by atoms with Gasteiger partial charge in [0.25, 0.3) is 0 Å². The number of thiophene rings is 1. The van der Waals surface area contributed by atoms with Gasteiger partial charge < -0.3 is 15.4 Å². The molecule has 1 amide bonds. The summed E-state index contributed by atoms with van der Waals surface area (Å²) < 4.78 is 6.53. The summed E-state index contributed by atoms with van der Waals surface area (Å²) in [6.45, 7) is 0.689. The van der Waals surface area contributed by atoms with Gasteiger partial charge in [-0.1, -0.05) is 24.3 Å². The summed E-state index contributed by atoms with van der Waals surface area (Å²) >= 11 is 1.58. The molecule has 0 spiro atoms. The van der Waals surface area contributed by atoms with E-state index < -0.39 is 0 Å². The topological polar surface area (TPSA) is 68.5 Å². The first-order chi connectivity index (χ1) is 14.7. The van der Waals surface area contributed by atoms with Gasteiger partial charge >= 0.3 is 0 Å². The van der Waals surface area contributed by atoms with Gasteiger partial charge in [0, 0.05) is 45.8 Å². The fraction of sp³-hybridized carbons (Fsp3) is 0.167. The monoisotopic (exact) mass is 415 g/mol. The summed E-state index contributed by atoms with van der Waals surface area (Å²) in [5.41, 5.74) is 11.5. The number of benzene rings is 2. The molecule has 0 radical (unpaired) electrons. The highest BCUT2D eigenvalue weighted by molar-refractivity contribution is 7.23. The van der Waals surface area contributed by atoms with Crippen molar-refractivity contribution in [2.75, 3.05) is 24.3 Å². The van der Waals surface area contributed by atoms with Crippen LogP contribution >= 0.6 is 11.3 Å². The van der Waals surface area contributed by atoms with Gasteiger partial charge in [-0.3, -0.25) is 9.78 Å². The van der Waals surface area contributed by atoms with Crippen LogP contribution in [-0.4, -0.2) is 24.5 Å². The minimum absolute atomic E-state index is 0.0793. The van der Waals surface area contributed by atoms with Crippen molar-refractivity contribution in [1.82, 2.24) is 4.98 Å². The maximum Gasteiger partial charge on any atom is 0.231 e. The molecule has 0 unspecified atom stereocenters. The highest BCUT2D eigenvalue weighted by Crippen LogP contribution is 2.42. The van der Waals surface area contributed by atoms with Crippen LogP contribution in [0.4, 0.5) is 10.7 Å².